The molecule has 2 aliphatic rings. The molecule has 0 aromatic carbocycles. The van der Waals surface area contributed by atoms with Crippen LogP contribution < -0.4 is 10.6 Å². The number of hydrogen-bond donors (Lipinski definition) is 2. The van der Waals surface area contributed by atoms with E-state index < -0.39 is 0 Å². The lowest BCUT2D eigenvalue weighted by Gasteiger charge is -2.25. The highest BCUT2D eigenvalue weighted by Crippen LogP contribution is 2.36. The standard InChI is InChI=1S/C12H22N2O2S.ClH/c1-12(3-2-6-17-12)9-14-11(15)7-10-8-13-4-5-16-10;/h10,13H,2-9H2,1H3,(H,14,15);1H. The SMILES string of the molecule is CC1(CNC(=O)CC2CNCCO2)CCCS1.Cl. The van der Waals surface area contributed by atoms with Crippen LogP contribution in [0.1, 0.15) is 26.2 Å². The van der Waals surface area contributed by atoms with Crippen molar-refractivity contribution in [2.24, 2.45) is 0 Å². The Morgan fingerprint density at radius 1 is 1.61 bits per heavy atom. The van der Waals surface area contributed by atoms with E-state index in [1.807, 2.05) is 11.8 Å². The van der Waals surface area contributed by atoms with Gasteiger partial charge in [0.25, 0.3) is 0 Å². The molecular weight excluding hydrogens is 272 g/mol. The van der Waals surface area contributed by atoms with Gasteiger partial charge in [-0.25, -0.2) is 0 Å². The number of ether oxygens (including phenoxy) is 1. The average Bonchev–Trinajstić information content (AvgIpc) is 2.76. The maximum atomic E-state index is 11.8. The van der Waals surface area contributed by atoms with Gasteiger partial charge in [0, 0.05) is 24.4 Å². The molecular formula is C12H23ClN2O2S. The second-order valence-electron chi connectivity index (χ2n) is 5.08. The molecule has 1 amide bonds. The van der Waals surface area contributed by atoms with Crippen LogP contribution in [-0.2, 0) is 9.53 Å². The third kappa shape index (κ3) is 4.96. The Labute approximate surface area is 119 Å². The summed E-state index contributed by atoms with van der Waals surface area (Å²) in [5.41, 5.74) is 0. The predicted molar refractivity (Wildman–Crippen MR) is 77.6 cm³/mol. The molecule has 2 rings (SSSR count). The maximum Gasteiger partial charge on any atom is 0.222 e. The highest BCUT2D eigenvalue weighted by molar-refractivity contribution is 8.00. The first-order chi connectivity index (χ1) is 8.18. The second kappa shape index (κ2) is 7.58. The van der Waals surface area contributed by atoms with Crippen molar-refractivity contribution in [3.05, 3.63) is 0 Å². The van der Waals surface area contributed by atoms with Gasteiger partial charge in [-0.3, -0.25) is 4.79 Å². The van der Waals surface area contributed by atoms with Crippen LogP contribution in [0.15, 0.2) is 0 Å². The van der Waals surface area contributed by atoms with Crippen molar-refractivity contribution in [2.75, 3.05) is 32.0 Å². The minimum absolute atomic E-state index is 0. The monoisotopic (exact) mass is 294 g/mol. The van der Waals surface area contributed by atoms with E-state index in [1.54, 1.807) is 0 Å². The van der Waals surface area contributed by atoms with Crippen molar-refractivity contribution in [3.63, 3.8) is 0 Å². The molecule has 2 N–H and O–H groups in total. The molecule has 2 atom stereocenters. The van der Waals surface area contributed by atoms with Crippen LogP contribution in [0.2, 0.25) is 0 Å². The fourth-order valence-corrected chi connectivity index (χ4v) is 3.54. The van der Waals surface area contributed by atoms with Gasteiger partial charge >= 0.3 is 0 Å². The molecule has 2 unspecified atom stereocenters. The summed E-state index contributed by atoms with van der Waals surface area (Å²) in [6, 6.07) is 0. The first kappa shape index (κ1) is 16.1. The van der Waals surface area contributed by atoms with Gasteiger partial charge in [-0.05, 0) is 25.5 Å². The van der Waals surface area contributed by atoms with Crippen LogP contribution in [0.5, 0.6) is 0 Å². The zero-order valence-corrected chi connectivity index (χ0v) is 12.5. The lowest BCUT2D eigenvalue weighted by atomic mass is 10.1. The van der Waals surface area contributed by atoms with Gasteiger partial charge in [0.15, 0.2) is 0 Å². The third-order valence-corrected chi connectivity index (χ3v) is 4.92. The normalized spacial score (nSPS) is 31.7. The molecule has 106 valence electrons. The Morgan fingerprint density at radius 3 is 3.06 bits per heavy atom. The lowest BCUT2D eigenvalue weighted by Crippen LogP contribution is -2.43. The molecule has 4 nitrogen and oxygen atoms in total. The second-order valence-corrected chi connectivity index (χ2v) is 6.76. The number of rotatable bonds is 4. The van der Waals surface area contributed by atoms with Crippen molar-refractivity contribution in [1.29, 1.82) is 0 Å². The number of morpholine rings is 1. The summed E-state index contributed by atoms with van der Waals surface area (Å²) in [4.78, 5) is 11.8. The van der Waals surface area contributed by atoms with Crippen LogP contribution in [0.4, 0.5) is 0 Å². The number of amides is 1. The van der Waals surface area contributed by atoms with Crippen LogP contribution in [-0.4, -0.2) is 48.8 Å². The van der Waals surface area contributed by atoms with E-state index in [9.17, 15) is 4.79 Å². The van der Waals surface area contributed by atoms with Crippen LogP contribution in [0.3, 0.4) is 0 Å². The minimum Gasteiger partial charge on any atom is -0.375 e. The quantitative estimate of drug-likeness (QED) is 0.818. The molecule has 2 aliphatic heterocycles. The molecule has 18 heavy (non-hydrogen) atoms. The molecule has 0 aromatic heterocycles. The molecule has 0 aliphatic carbocycles. The Morgan fingerprint density at radius 2 is 2.44 bits per heavy atom. The van der Waals surface area contributed by atoms with Gasteiger partial charge in [0.1, 0.15) is 0 Å². The largest absolute Gasteiger partial charge is 0.375 e. The fraction of sp³-hybridized carbons (Fsp3) is 0.917. The van der Waals surface area contributed by atoms with E-state index in [2.05, 4.69) is 17.6 Å². The minimum atomic E-state index is 0. The number of thioether (sulfide) groups is 1. The van der Waals surface area contributed by atoms with Crippen LogP contribution in [0, 0.1) is 0 Å². The van der Waals surface area contributed by atoms with Crippen LogP contribution in [0.25, 0.3) is 0 Å². The van der Waals surface area contributed by atoms with Crippen molar-refractivity contribution in [1.82, 2.24) is 10.6 Å². The smallest absolute Gasteiger partial charge is 0.222 e. The predicted octanol–water partition coefficient (Wildman–Crippen LogP) is 1.19. The van der Waals surface area contributed by atoms with Gasteiger partial charge in [-0.15, -0.1) is 12.4 Å². The van der Waals surface area contributed by atoms with Gasteiger partial charge in [-0.2, -0.15) is 11.8 Å². The number of carbonyl (C=O) groups is 1. The Bertz CT molecular complexity index is 267. The summed E-state index contributed by atoms with van der Waals surface area (Å²) >= 11 is 1.97. The highest BCUT2D eigenvalue weighted by atomic mass is 35.5. The van der Waals surface area contributed by atoms with E-state index in [0.717, 1.165) is 19.6 Å². The summed E-state index contributed by atoms with van der Waals surface area (Å²) in [5.74, 6) is 1.34. The van der Waals surface area contributed by atoms with Gasteiger partial charge in [-0.1, -0.05) is 0 Å². The summed E-state index contributed by atoms with van der Waals surface area (Å²) in [7, 11) is 0. The Kier molecular flexibility index (Phi) is 6.77. The summed E-state index contributed by atoms with van der Waals surface area (Å²) in [6.45, 7) is 5.43. The molecule has 0 radical (unpaired) electrons. The molecule has 0 saturated carbocycles. The van der Waals surface area contributed by atoms with Crippen molar-refractivity contribution >= 4 is 30.1 Å². The molecule has 2 fully saturated rings. The third-order valence-electron chi connectivity index (χ3n) is 3.38. The van der Waals surface area contributed by atoms with E-state index >= 15 is 0 Å². The Hall–Kier alpha value is 0.0300. The zero-order valence-electron chi connectivity index (χ0n) is 10.9. The maximum absolute atomic E-state index is 11.8. The molecule has 2 saturated heterocycles. The Balaban J connectivity index is 0.00000162. The lowest BCUT2D eigenvalue weighted by molar-refractivity contribution is -0.124. The zero-order chi connectivity index (χ0) is 12.1. The average molecular weight is 295 g/mol. The molecule has 0 bridgehead atoms. The summed E-state index contributed by atoms with van der Waals surface area (Å²) in [5, 5.41) is 6.28. The van der Waals surface area contributed by atoms with Gasteiger partial charge in [0.05, 0.1) is 19.1 Å². The van der Waals surface area contributed by atoms with Crippen molar-refractivity contribution < 1.29 is 9.53 Å². The van der Waals surface area contributed by atoms with Gasteiger partial charge in [0.2, 0.25) is 5.91 Å². The number of nitrogens with one attached hydrogen (secondary N) is 2. The number of hydrogen-bond acceptors (Lipinski definition) is 4. The van der Waals surface area contributed by atoms with Gasteiger partial charge < -0.3 is 15.4 Å². The number of carbonyl (C=O) groups excluding carboxylic acids is 1. The molecule has 6 heteroatoms. The first-order valence-corrected chi connectivity index (χ1v) is 7.39. The first-order valence-electron chi connectivity index (χ1n) is 6.41. The van der Waals surface area contributed by atoms with Crippen molar-refractivity contribution in [3.8, 4) is 0 Å². The molecule has 0 spiro atoms. The summed E-state index contributed by atoms with van der Waals surface area (Å²) in [6.07, 6.45) is 3.01. The van der Waals surface area contributed by atoms with E-state index in [1.165, 1.54) is 18.6 Å². The number of halogens is 1. The molecule has 0 aromatic rings. The fourth-order valence-electron chi connectivity index (χ4n) is 2.29. The van der Waals surface area contributed by atoms with E-state index in [-0.39, 0.29) is 29.2 Å². The van der Waals surface area contributed by atoms with E-state index in [4.69, 9.17) is 4.74 Å². The summed E-state index contributed by atoms with van der Waals surface area (Å²) < 4.78 is 5.77. The topological polar surface area (TPSA) is 50.4 Å². The molecule has 2 heterocycles. The van der Waals surface area contributed by atoms with Crippen LogP contribution >= 0.6 is 24.2 Å². The van der Waals surface area contributed by atoms with E-state index in [0.29, 0.717) is 13.0 Å². The van der Waals surface area contributed by atoms with Crippen molar-refractivity contribution in [2.45, 2.75) is 37.0 Å². The highest BCUT2D eigenvalue weighted by Gasteiger charge is 2.30.